The van der Waals surface area contributed by atoms with Crippen LogP contribution in [-0.4, -0.2) is 60.9 Å². The third kappa shape index (κ3) is 3.82. The maximum absolute atomic E-state index is 11.2. The molecule has 0 saturated carbocycles. The SMILES string of the molecule is NC(=O)NC(=O)CN1CCOCC1CO. The van der Waals surface area contributed by atoms with Gasteiger partial charge >= 0.3 is 6.03 Å². The van der Waals surface area contributed by atoms with Gasteiger partial charge in [0.2, 0.25) is 5.91 Å². The lowest BCUT2D eigenvalue weighted by Gasteiger charge is -2.33. The van der Waals surface area contributed by atoms with E-state index < -0.39 is 11.9 Å². The summed E-state index contributed by atoms with van der Waals surface area (Å²) in [6.45, 7) is 1.42. The predicted molar refractivity (Wildman–Crippen MR) is 51.0 cm³/mol. The Hall–Kier alpha value is -1.18. The predicted octanol–water partition coefficient (Wildman–Crippen LogP) is -2.13. The van der Waals surface area contributed by atoms with E-state index in [0.29, 0.717) is 19.8 Å². The van der Waals surface area contributed by atoms with Crippen molar-refractivity contribution in [2.24, 2.45) is 5.73 Å². The molecule has 1 aliphatic heterocycles. The number of carbonyl (C=O) groups excluding carboxylic acids is 2. The number of nitrogens with two attached hydrogens (primary N) is 1. The van der Waals surface area contributed by atoms with Crippen LogP contribution in [0.2, 0.25) is 0 Å². The second-order valence-corrected chi connectivity index (χ2v) is 3.29. The number of morpholine rings is 1. The Kier molecular flexibility index (Phi) is 4.47. The molecule has 7 nitrogen and oxygen atoms in total. The monoisotopic (exact) mass is 217 g/mol. The van der Waals surface area contributed by atoms with Gasteiger partial charge in [0.1, 0.15) is 0 Å². The van der Waals surface area contributed by atoms with Gasteiger partial charge in [0.05, 0.1) is 32.4 Å². The van der Waals surface area contributed by atoms with Crippen LogP contribution in [0.25, 0.3) is 0 Å². The number of nitrogens with zero attached hydrogens (tertiary/aromatic N) is 1. The summed E-state index contributed by atoms with van der Waals surface area (Å²) in [4.78, 5) is 23.4. The second kappa shape index (κ2) is 5.64. The second-order valence-electron chi connectivity index (χ2n) is 3.29. The minimum Gasteiger partial charge on any atom is -0.395 e. The molecule has 4 N–H and O–H groups in total. The molecule has 0 radical (unpaired) electrons. The van der Waals surface area contributed by atoms with Gasteiger partial charge in [0.15, 0.2) is 0 Å². The third-order valence-corrected chi connectivity index (χ3v) is 2.17. The molecule has 0 aromatic rings. The number of primary amides is 1. The van der Waals surface area contributed by atoms with Crippen molar-refractivity contribution < 1.29 is 19.4 Å². The fraction of sp³-hybridized carbons (Fsp3) is 0.750. The van der Waals surface area contributed by atoms with E-state index in [2.05, 4.69) is 0 Å². The quantitative estimate of drug-likeness (QED) is 0.501. The van der Waals surface area contributed by atoms with Crippen LogP contribution in [0.15, 0.2) is 0 Å². The van der Waals surface area contributed by atoms with Crippen LogP contribution in [-0.2, 0) is 9.53 Å². The Morgan fingerprint density at radius 2 is 2.33 bits per heavy atom. The van der Waals surface area contributed by atoms with E-state index in [9.17, 15) is 9.59 Å². The molecular formula is C8H15N3O4. The molecule has 1 atom stereocenters. The zero-order chi connectivity index (χ0) is 11.3. The Morgan fingerprint density at radius 3 is 2.93 bits per heavy atom. The molecule has 1 heterocycles. The molecule has 1 fully saturated rings. The van der Waals surface area contributed by atoms with E-state index >= 15 is 0 Å². The van der Waals surface area contributed by atoms with Crippen molar-refractivity contribution in [1.82, 2.24) is 10.2 Å². The van der Waals surface area contributed by atoms with Gasteiger partial charge in [-0.15, -0.1) is 0 Å². The topological polar surface area (TPSA) is 105 Å². The summed E-state index contributed by atoms with van der Waals surface area (Å²) in [5, 5.41) is 11.0. The zero-order valence-electron chi connectivity index (χ0n) is 8.31. The number of hydrogen-bond donors (Lipinski definition) is 3. The first-order valence-electron chi connectivity index (χ1n) is 4.65. The van der Waals surface area contributed by atoms with E-state index in [0.717, 1.165) is 0 Å². The smallest absolute Gasteiger partial charge is 0.318 e. The maximum atomic E-state index is 11.2. The summed E-state index contributed by atoms with van der Waals surface area (Å²) in [6, 6.07) is -1.06. The molecule has 1 rings (SSSR count). The number of nitrogens with one attached hydrogen (secondary N) is 1. The van der Waals surface area contributed by atoms with Gasteiger partial charge in [-0.05, 0) is 0 Å². The molecule has 1 unspecified atom stereocenters. The van der Waals surface area contributed by atoms with Crippen molar-refractivity contribution >= 4 is 11.9 Å². The molecule has 0 aliphatic carbocycles. The van der Waals surface area contributed by atoms with Crippen molar-refractivity contribution in [3.05, 3.63) is 0 Å². The van der Waals surface area contributed by atoms with Gasteiger partial charge in [-0.3, -0.25) is 15.0 Å². The first kappa shape index (κ1) is 11.9. The highest BCUT2D eigenvalue weighted by atomic mass is 16.5. The van der Waals surface area contributed by atoms with Crippen LogP contribution in [0, 0.1) is 0 Å². The molecule has 86 valence electrons. The number of aliphatic hydroxyl groups excluding tert-OH is 1. The number of hydrogen-bond acceptors (Lipinski definition) is 5. The summed E-state index contributed by atoms with van der Waals surface area (Å²) in [7, 11) is 0. The molecule has 3 amide bonds. The summed E-state index contributed by atoms with van der Waals surface area (Å²) in [6.07, 6.45) is 0. The molecule has 0 spiro atoms. The van der Waals surface area contributed by atoms with E-state index in [4.69, 9.17) is 15.6 Å². The van der Waals surface area contributed by atoms with Gasteiger partial charge in [0, 0.05) is 6.54 Å². The van der Waals surface area contributed by atoms with Crippen molar-refractivity contribution in [2.75, 3.05) is 32.9 Å². The average molecular weight is 217 g/mol. The number of imide groups is 1. The van der Waals surface area contributed by atoms with E-state index in [-0.39, 0.29) is 19.2 Å². The minimum absolute atomic E-state index is 0.0392. The summed E-state index contributed by atoms with van der Waals surface area (Å²) in [5.41, 5.74) is 4.80. The van der Waals surface area contributed by atoms with E-state index in [1.54, 1.807) is 4.90 Å². The van der Waals surface area contributed by atoms with Crippen LogP contribution in [0.1, 0.15) is 0 Å². The molecule has 0 bridgehead atoms. The highest BCUT2D eigenvalue weighted by molar-refractivity contribution is 5.94. The normalized spacial score (nSPS) is 22.3. The standard InChI is InChI=1S/C8H15N3O4/c9-8(14)10-7(13)3-11-1-2-15-5-6(11)4-12/h6,12H,1-5H2,(H3,9,10,13,14). The van der Waals surface area contributed by atoms with Crippen molar-refractivity contribution in [3.8, 4) is 0 Å². The number of rotatable bonds is 3. The summed E-state index contributed by atoms with van der Waals surface area (Å²) < 4.78 is 5.14. The summed E-state index contributed by atoms with van der Waals surface area (Å²) >= 11 is 0. The summed E-state index contributed by atoms with van der Waals surface area (Å²) in [5.74, 6) is -0.470. The van der Waals surface area contributed by atoms with Crippen LogP contribution < -0.4 is 11.1 Å². The van der Waals surface area contributed by atoms with Gasteiger partial charge in [0.25, 0.3) is 0 Å². The molecule has 1 saturated heterocycles. The lowest BCUT2D eigenvalue weighted by Crippen LogP contribution is -2.52. The van der Waals surface area contributed by atoms with E-state index in [1.165, 1.54) is 0 Å². The van der Waals surface area contributed by atoms with Crippen molar-refractivity contribution in [3.63, 3.8) is 0 Å². The van der Waals surface area contributed by atoms with Crippen molar-refractivity contribution in [1.29, 1.82) is 0 Å². The lowest BCUT2D eigenvalue weighted by molar-refractivity contribution is -0.124. The number of ether oxygens (including phenoxy) is 1. The van der Waals surface area contributed by atoms with Gasteiger partial charge in [-0.1, -0.05) is 0 Å². The van der Waals surface area contributed by atoms with Gasteiger partial charge < -0.3 is 15.6 Å². The molecule has 1 aliphatic rings. The fourth-order valence-corrected chi connectivity index (χ4v) is 1.43. The van der Waals surface area contributed by atoms with Crippen LogP contribution in [0.5, 0.6) is 0 Å². The Bertz CT molecular complexity index is 246. The number of amides is 3. The molecule has 15 heavy (non-hydrogen) atoms. The largest absolute Gasteiger partial charge is 0.395 e. The van der Waals surface area contributed by atoms with Crippen LogP contribution >= 0.6 is 0 Å². The Morgan fingerprint density at radius 1 is 1.60 bits per heavy atom. The van der Waals surface area contributed by atoms with Crippen LogP contribution in [0.3, 0.4) is 0 Å². The number of carbonyl (C=O) groups is 2. The highest BCUT2D eigenvalue weighted by Crippen LogP contribution is 2.05. The highest BCUT2D eigenvalue weighted by Gasteiger charge is 2.24. The molecular weight excluding hydrogens is 202 g/mol. The zero-order valence-corrected chi connectivity index (χ0v) is 8.31. The number of urea groups is 1. The van der Waals surface area contributed by atoms with Crippen LogP contribution in [0.4, 0.5) is 4.79 Å². The first-order valence-corrected chi connectivity index (χ1v) is 4.65. The van der Waals surface area contributed by atoms with E-state index in [1.807, 2.05) is 5.32 Å². The third-order valence-electron chi connectivity index (χ3n) is 2.17. The number of aliphatic hydroxyl groups is 1. The maximum Gasteiger partial charge on any atom is 0.318 e. The first-order chi connectivity index (χ1) is 7.13. The van der Waals surface area contributed by atoms with Crippen molar-refractivity contribution in [2.45, 2.75) is 6.04 Å². The average Bonchev–Trinajstić information content (AvgIpc) is 2.17. The lowest BCUT2D eigenvalue weighted by atomic mass is 10.2. The molecule has 0 aromatic heterocycles. The van der Waals surface area contributed by atoms with Gasteiger partial charge in [-0.25, -0.2) is 4.79 Å². The van der Waals surface area contributed by atoms with Gasteiger partial charge in [-0.2, -0.15) is 0 Å². The minimum atomic E-state index is -0.867. The Balaban J connectivity index is 2.40. The Labute approximate surface area is 87.2 Å². The fourth-order valence-electron chi connectivity index (χ4n) is 1.43. The molecule has 7 heteroatoms. The molecule has 0 aromatic carbocycles.